The Labute approximate surface area is 112 Å². The first kappa shape index (κ1) is 17.4. The van der Waals surface area contributed by atoms with Crippen LogP contribution in [-0.4, -0.2) is 25.2 Å². The lowest BCUT2D eigenvalue weighted by molar-refractivity contribution is 0.343. The van der Waals surface area contributed by atoms with E-state index in [0.717, 1.165) is 18.7 Å². The highest BCUT2D eigenvalue weighted by Crippen LogP contribution is 2.61. The third kappa shape index (κ3) is 10.0. The molecule has 1 atom stereocenters. The Morgan fingerprint density at radius 1 is 1.47 bits per heavy atom. The quantitative estimate of drug-likeness (QED) is 0.283. The van der Waals surface area contributed by atoms with E-state index in [-0.39, 0.29) is 0 Å². The van der Waals surface area contributed by atoms with Gasteiger partial charge in [-0.3, -0.25) is 14.6 Å². The summed E-state index contributed by atoms with van der Waals surface area (Å²) in [5.74, 6) is 1.53. The van der Waals surface area contributed by atoms with Crippen LogP contribution in [0.4, 0.5) is 0 Å². The van der Waals surface area contributed by atoms with Crippen molar-refractivity contribution in [1.82, 2.24) is 5.09 Å². The Morgan fingerprint density at radius 3 is 2.71 bits per heavy atom. The summed E-state index contributed by atoms with van der Waals surface area (Å²) in [5, 5.41) is 2.79. The van der Waals surface area contributed by atoms with E-state index in [0.29, 0.717) is 12.5 Å². The maximum Gasteiger partial charge on any atom is 0.362 e. The Hall–Kier alpha value is 0.360. The number of hydrogen-bond donors (Lipinski definition) is 1. The van der Waals surface area contributed by atoms with Gasteiger partial charge in [-0.2, -0.15) is 0 Å². The normalized spacial score (nSPS) is 15.4. The van der Waals surface area contributed by atoms with Crippen molar-refractivity contribution in [2.75, 3.05) is 18.9 Å². The number of nitrogens with one attached hydrogen (secondary N) is 1. The Bertz CT molecular complexity index is 263. The standard InChI is InChI=1S/C10H23N2O2PS2/c1-5-7-11-9-12-15(13,14-6-2)17-16-8-10(3)4/h9-10H,5-8H2,1-4H3,(H,11,12,13). The average molecular weight is 298 g/mol. The molecule has 0 aromatic carbocycles. The minimum atomic E-state index is -2.84. The Morgan fingerprint density at radius 2 is 2.18 bits per heavy atom. The van der Waals surface area contributed by atoms with Crippen LogP contribution in [0.2, 0.25) is 0 Å². The number of hydrogen-bond acceptors (Lipinski definition) is 5. The molecule has 4 nitrogen and oxygen atoms in total. The highest BCUT2D eigenvalue weighted by atomic mass is 33.3. The van der Waals surface area contributed by atoms with Crippen LogP contribution in [0.3, 0.4) is 0 Å². The minimum absolute atomic E-state index is 0.432. The molecule has 0 heterocycles. The largest absolute Gasteiger partial charge is 0.362 e. The Kier molecular flexibility index (Phi) is 10.5. The number of aliphatic imine (C=N–C) groups is 1. The van der Waals surface area contributed by atoms with Crippen LogP contribution in [0, 0.1) is 5.92 Å². The lowest BCUT2D eigenvalue weighted by atomic mass is 10.3. The van der Waals surface area contributed by atoms with E-state index in [1.165, 1.54) is 16.8 Å². The molecule has 17 heavy (non-hydrogen) atoms. The molecule has 7 heteroatoms. The van der Waals surface area contributed by atoms with Gasteiger partial charge in [-0.15, -0.1) is 0 Å². The van der Waals surface area contributed by atoms with Crippen molar-refractivity contribution >= 4 is 34.3 Å². The van der Waals surface area contributed by atoms with Crippen LogP contribution in [0.5, 0.6) is 0 Å². The summed E-state index contributed by atoms with van der Waals surface area (Å²) in [4.78, 5) is 4.09. The SMILES string of the molecule is CCCN=CNP(=O)(OCC)SSCC(C)C. The van der Waals surface area contributed by atoms with Crippen molar-refractivity contribution in [3.05, 3.63) is 0 Å². The first-order valence-corrected chi connectivity index (χ1v) is 10.4. The van der Waals surface area contributed by atoms with Crippen LogP contribution in [0.15, 0.2) is 4.99 Å². The predicted octanol–water partition coefficient (Wildman–Crippen LogP) is 4.20. The highest BCUT2D eigenvalue weighted by Gasteiger charge is 2.22. The molecule has 0 saturated carbocycles. The third-order valence-electron chi connectivity index (χ3n) is 1.51. The molecule has 0 aromatic rings. The van der Waals surface area contributed by atoms with Crippen LogP contribution >= 0.6 is 27.9 Å². The van der Waals surface area contributed by atoms with Crippen molar-refractivity contribution in [3.63, 3.8) is 0 Å². The number of rotatable bonds is 10. The van der Waals surface area contributed by atoms with Gasteiger partial charge in [0, 0.05) is 22.7 Å². The lowest BCUT2D eigenvalue weighted by Gasteiger charge is -2.15. The van der Waals surface area contributed by atoms with E-state index >= 15 is 0 Å². The van der Waals surface area contributed by atoms with Crippen molar-refractivity contribution in [2.45, 2.75) is 34.1 Å². The van der Waals surface area contributed by atoms with Crippen molar-refractivity contribution in [2.24, 2.45) is 10.9 Å². The number of nitrogens with zero attached hydrogens (tertiary/aromatic N) is 1. The van der Waals surface area contributed by atoms with Gasteiger partial charge < -0.3 is 4.52 Å². The van der Waals surface area contributed by atoms with Crippen LogP contribution in [0.1, 0.15) is 34.1 Å². The zero-order valence-corrected chi connectivity index (χ0v) is 13.5. The maximum atomic E-state index is 12.3. The van der Waals surface area contributed by atoms with Crippen molar-refractivity contribution in [1.29, 1.82) is 0 Å². The van der Waals surface area contributed by atoms with Gasteiger partial charge in [-0.05, 0) is 19.3 Å². The second-order valence-electron chi connectivity index (χ2n) is 3.83. The summed E-state index contributed by atoms with van der Waals surface area (Å²) in [7, 11) is 2.86. The summed E-state index contributed by atoms with van der Waals surface area (Å²) in [6, 6.07) is 0. The van der Waals surface area contributed by atoms with Gasteiger partial charge in [0.15, 0.2) is 0 Å². The zero-order valence-electron chi connectivity index (χ0n) is 11.0. The highest BCUT2D eigenvalue weighted by molar-refractivity contribution is 8.99. The molecule has 0 aliphatic carbocycles. The van der Waals surface area contributed by atoms with Gasteiger partial charge in [0.2, 0.25) is 0 Å². The van der Waals surface area contributed by atoms with Crippen LogP contribution in [-0.2, 0) is 9.09 Å². The van der Waals surface area contributed by atoms with E-state index in [9.17, 15) is 4.57 Å². The zero-order chi connectivity index (χ0) is 13.1. The summed E-state index contributed by atoms with van der Waals surface area (Å²) in [6.07, 6.45) is 2.48. The molecule has 0 aromatic heterocycles. The smallest absolute Gasteiger partial charge is 0.306 e. The summed E-state index contributed by atoms with van der Waals surface area (Å²) < 4.78 is 17.6. The second kappa shape index (κ2) is 10.3. The minimum Gasteiger partial charge on any atom is -0.306 e. The molecule has 0 spiro atoms. The van der Waals surface area contributed by atoms with Crippen LogP contribution in [0.25, 0.3) is 0 Å². The van der Waals surface area contributed by atoms with E-state index in [2.05, 4.69) is 23.9 Å². The van der Waals surface area contributed by atoms with Gasteiger partial charge in [0.25, 0.3) is 0 Å². The molecule has 0 aliphatic heterocycles. The summed E-state index contributed by atoms with van der Waals surface area (Å²) in [6.45, 7) is 6.49. The van der Waals surface area contributed by atoms with Gasteiger partial charge in [-0.1, -0.05) is 31.6 Å². The third-order valence-corrected chi connectivity index (χ3v) is 8.31. The lowest BCUT2D eigenvalue weighted by Crippen LogP contribution is -2.08. The molecule has 102 valence electrons. The molecule has 0 fully saturated rings. The van der Waals surface area contributed by atoms with Crippen molar-refractivity contribution < 1.29 is 9.09 Å². The Balaban J connectivity index is 4.11. The fourth-order valence-corrected chi connectivity index (χ4v) is 6.69. The fourth-order valence-electron chi connectivity index (χ4n) is 0.791. The first-order chi connectivity index (χ1) is 8.04. The molecule has 1 N–H and O–H groups in total. The molecule has 0 aliphatic rings. The van der Waals surface area contributed by atoms with E-state index in [1.807, 2.05) is 13.8 Å². The van der Waals surface area contributed by atoms with Gasteiger partial charge >= 0.3 is 6.72 Å². The molecule has 0 radical (unpaired) electrons. The summed E-state index contributed by atoms with van der Waals surface area (Å²) >= 11 is 0. The molecular formula is C10H23N2O2PS2. The second-order valence-corrected chi connectivity index (χ2v) is 10.0. The summed E-state index contributed by atoms with van der Waals surface area (Å²) in [5.41, 5.74) is 0. The van der Waals surface area contributed by atoms with Crippen LogP contribution < -0.4 is 5.09 Å². The first-order valence-electron chi connectivity index (χ1n) is 5.86. The van der Waals surface area contributed by atoms with E-state index < -0.39 is 6.72 Å². The van der Waals surface area contributed by atoms with Gasteiger partial charge in [0.05, 0.1) is 12.9 Å². The molecule has 0 saturated heterocycles. The molecule has 0 bridgehead atoms. The fraction of sp³-hybridized carbons (Fsp3) is 0.900. The van der Waals surface area contributed by atoms with Gasteiger partial charge in [0.1, 0.15) is 0 Å². The molecule has 0 rings (SSSR count). The monoisotopic (exact) mass is 298 g/mol. The molecular weight excluding hydrogens is 275 g/mol. The predicted molar refractivity (Wildman–Crippen MR) is 80.9 cm³/mol. The maximum absolute atomic E-state index is 12.3. The topological polar surface area (TPSA) is 50.7 Å². The van der Waals surface area contributed by atoms with E-state index in [4.69, 9.17) is 4.52 Å². The molecule has 0 amide bonds. The van der Waals surface area contributed by atoms with E-state index in [1.54, 1.807) is 10.8 Å². The van der Waals surface area contributed by atoms with Gasteiger partial charge in [-0.25, -0.2) is 0 Å². The average Bonchev–Trinajstić information content (AvgIpc) is 2.24. The molecule has 1 unspecified atom stereocenters. The van der Waals surface area contributed by atoms with Crippen molar-refractivity contribution in [3.8, 4) is 0 Å².